The predicted molar refractivity (Wildman–Crippen MR) is 210 cm³/mol. The van der Waals surface area contributed by atoms with Crippen LogP contribution in [0.4, 0.5) is 11.6 Å². The molecule has 260 valence electrons. The van der Waals surface area contributed by atoms with Gasteiger partial charge in [-0.2, -0.15) is 18.2 Å². The maximum atomic E-state index is 11.1. The summed E-state index contributed by atoms with van der Waals surface area (Å²) in [4.78, 5) is 45.6. The first-order chi connectivity index (χ1) is 25.7. The van der Waals surface area contributed by atoms with Crippen molar-refractivity contribution in [1.29, 1.82) is 0 Å². The van der Waals surface area contributed by atoms with Gasteiger partial charge in [0.25, 0.3) is 11.6 Å². The second-order valence-corrected chi connectivity index (χ2v) is 12.1. The SMILES string of the molecule is Ic1ccncc1.[C-]#[N+]c1ccc(-c2ccc(C(C)(O)c3ccncc3)nc2)cn1.[C-]#[N+]c1ccc(-c2ccc(C(C)=O)nc2)cn1.[Li+].[c-]1ccncc1. The van der Waals surface area contributed by atoms with Crippen molar-refractivity contribution in [2.24, 2.45) is 0 Å². The van der Waals surface area contributed by atoms with Crippen molar-refractivity contribution in [3.05, 3.63) is 196 Å². The molecule has 0 amide bonds. The quantitative estimate of drug-likeness (QED) is 0.0988. The number of halogens is 1. The molecule has 7 heterocycles. The molecule has 0 spiro atoms. The number of hydrogen-bond acceptors (Lipinski definition) is 9. The Morgan fingerprint density at radius 1 is 0.648 bits per heavy atom. The minimum atomic E-state index is -1.19. The van der Waals surface area contributed by atoms with E-state index in [0.717, 1.165) is 27.8 Å². The minimum absolute atomic E-state index is 0. The fraction of sp³-hybridized carbons (Fsp3) is 0.0732. The van der Waals surface area contributed by atoms with E-state index in [-0.39, 0.29) is 24.6 Å². The molecule has 11 nitrogen and oxygen atoms in total. The van der Waals surface area contributed by atoms with Gasteiger partial charge in [0, 0.05) is 69.9 Å². The average Bonchev–Trinajstić information content (AvgIpc) is 3.23. The number of nitrogens with zero attached hydrogens (tertiary/aromatic N) is 9. The molecular weight excluding hydrogens is 784 g/mol. The molecule has 7 aromatic heterocycles. The molecule has 0 saturated heterocycles. The fourth-order valence-corrected chi connectivity index (χ4v) is 4.63. The second kappa shape index (κ2) is 22.1. The number of carbonyl (C=O) groups is 1. The number of pyridine rings is 7. The van der Waals surface area contributed by atoms with Crippen LogP contribution in [0.25, 0.3) is 31.9 Å². The van der Waals surface area contributed by atoms with E-state index >= 15 is 0 Å². The number of hydrogen-bond donors (Lipinski definition) is 1. The van der Waals surface area contributed by atoms with E-state index in [2.05, 4.69) is 73.2 Å². The Morgan fingerprint density at radius 2 is 1.09 bits per heavy atom. The van der Waals surface area contributed by atoms with Crippen molar-refractivity contribution < 1.29 is 28.8 Å². The van der Waals surface area contributed by atoms with E-state index in [1.807, 2.05) is 36.4 Å². The summed E-state index contributed by atoms with van der Waals surface area (Å²) in [6.45, 7) is 16.9. The van der Waals surface area contributed by atoms with E-state index in [4.69, 9.17) is 13.1 Å². The number of rotatable bonds is 5. The molecule has 1 unspecified atom stereocenters. The van der Waals surface area contributed by atoms with Crippen LogP contribution in [0.5, 0.6) is 0 Å². The number of ketones is 1. The van der Waals surface area contributed by atoms with Gasteiger partial charge in [-0.25, -0.2) is 0 Å². The van der Waals surface area contributed by atoms with Crippen LogP contribution in [-0.2, 0) is 5.60 Å². The van der Waals surface area contributed by atoms with Crippen LogP contribution in [0, 0.1) is 22.8 Å². The van der Waals surface area contributed by atoms with E-state index in [0.29, 0.717) is 23.0 Å². The number of Topliss-reactive ketones (excluding diaryl/α,β-unsaturated/α-hetero) is 1. The van der Waals surface area contributed by atoms with E-state index in [1.54, 1.807) is 117 Å². The van der Waals surface area contributed by atoms with Crippen LogP contribution < -0.4 is 18.9 Å². The molecule has 0 bridgehead atoms. The molecule has 0 aliphatic rings. The summed E-state index contributed by atoms with van der Waals surface area (Å²) in [7, 11) is 0. The maximum Gasteiger partial charge on any atom is 1.00 e. The standard InChI is InChI=1S/C18H14N4O.C13H9N3O.C5H4IN.C5H4N.Li/c1-18(23,15-7-9-20-10-8-15)16-5-3-13(11-21-16)14-4-6-17(19-2)22-12-14;1-9(17)12-5-3-10(7-15-12)11-4-6-13(14-2)16-8-11;6-5-1-3-7-4-2-5;1-2-4-6-5-3-1;/h3-12,23H,1H3;3-8H,1H3;1-4H;2-5H;/q;;;-1;+1. The first-order valence-electron chi connectivity index (χ1n) is 15.8. The van der Waals surface area contributed by atoms with Crippen LogP contribution in [-0.4, -0.2) is 45.8 Å². The molecule has 1 atom stereocenters. The van der Waals surface area contributed by atoms with Crippen molar-refractivity contribution >= 4 is 40.0 Å². The molecule has 0 fully saturated rings. The van der Waals surface area contributed by atoms with Crippen LogP contribution in [0.1, 0.15) is 35.6 Å². The van der Waals surface area contributed by atoms with Crippen molar-refractivity contribution in [1.82, 2.24) is 34.9 Å². The number of carbonyl (C=O) groups excluding carboxylic acids is 1. The molecule has 7 rings (SSSR count). The topological polar surface area (TPSA) is 136 Å². The van der Waals surface area contributed by atoms with Gasteiger partial charge in [0.15, 0.2) is 5.78 Å². The summed E-state index contributed by atoms with van der Waals surface area (Å²) in [5.41, 5.74) is 4.05. The van der Waals surface area contributed by atoms with Gasteiger partial charge >= 0.3 is 18.9 Å². The van der Waals surface area contributed by atoms with E-state index in [9.17, 15) is 9.90 Å². The first-order valence-corrected chi connectivity index (χ1v) is 16.8. The molecule has 13 heteroatoms. The Morgan fingerprint density at radius 3 is 1.41 bits per heavy atom. The zero-order valence-electron chi connectivity index (χ0n) is 29.6. The monoisotopic (exact) mass is 815 g/mol. The van der Waals surface area contributed by atoms with Crippen molar-refractivity contribution in [2.75, 3.05) is 0 Å². The minimum Gasteiger partial charge on any atom is -0.391 e. The van der Waals surface area contributed by atoms with Gasteiger partial charge in [-0.05, 0) is 83.6 Å². The van der Waals surface area contributed by atoms with Gasteiger partial charge in [0.05, 0.1) is 5.69 Å². The first kappa shape index (κ1) is 42.4. The summed E-state index contributed by atoms with van der Waals surface area (Å²) in [6.07, 6.45) is 16.8. The van der Waals surface area contributed by atoms with E-state index < -0.39 is 5.60 Å². The van der Waals surface area contributed by atoms with Gasteiger partial charge in [-0.1, -0.05) is 49.8 Å². The Hall–Kier alpha value is -6.01. The molecule has 0 aliphatic heterocycles. The van der Waals surface area contributed by atoms with Crippen LogP contribution >= 0.6 is 22.6 Å². The van der Waals surface area contributed by atoms with Gasteiger partial charge in [-0.15, -0.1) is 9.97 Å². The summed E-state index contributed by atoms with van der Waals surface area (Å²) in [5.74, 6) is 0.666. The molecule has 0 saturated carbocycles. The molecular formula is C41H31ILiN9O2. The largest absolute Gasteiger partial charge is 1.00 e. The molecule has 0 radical (unpaired) electrons. The predicted octanol–water partition coefficient (Wildman–Crippen LogP) is 5.81. The van der Waals surface area contributed by atoms with Crippen LogP contribution in [0.15, 0.2) is 147 Å². The smallest absolute Gasteiger partial charge is 0.391 e. The zero-order valence-corrected chi connectivity index (χ0v) is 31.8. The third-order valence-electron chi connectivity index (χ3n) is 7.17. The van der Waals surface area contributed by atoms with Crippen LogP contribution in [0.2, 0.25) is 0 Å². The third kappa shape index (κ3) is 13.2. The summed E-state index contributed by atoms with van der Waals surface area (Å²) >= 11 is 2.24. The Labute approximate surface area is 339 Å². The Kier molecular flexibility index (Phi) is 17.4. The number of aromatic nitrogens is 7. The second-order valence-electron chi connectivity index (χ2n) is 10.9. The summed E-state index contributed by atoms with van der Waals surface area (Å²) < 4.78 is 1.23. The van der Waals surface area contributed by atoms with Crippen molar-refractivity contribution in [3.63, 3.8) is 0 Å². The molecule has 0 aliphatic carbocycles. The average molecular weight is 816 g/mol. The summed E-state index contributed by atoms with van der Waals surface area (Å²) in [6, 6.07) is 27.9. The molecule has 1 N–H and O–H groups in total. The molecule has 0 aromatic carbocycles. The van der Waals surface area contributed by atoms with Crippen LogP contribution in [0.3, 0.4) is 0 Å². The normalized spacial score (nSPS) is 10.6. The van der Waals surface area contributed by atoms with Gasteiger partial charge < -0.3 is 19.8 Å². The van der Waals surface area contributed by atoms with E-state index in [1.165, 1.54) is 10.5 Å². The fourth-order valence-electron chi connectivity index (χ4n) is 4.31. The molecule has 54 heavy (non-hydrogen) atoms. The summed E-state index contributed by atoms with van der Waals surface area (Å²) in [5, 5.41) is 10.8. The third-order valence-corrected chi connectivity index (χ3v) is 7.89. The molecule has 7 aromatic rings. The zero-order chi connectivity index (χ0) is 37.9. The van der Waals surface area contributed by atoms with Crippen molar-refractivity contribution in [3.8, 4) is 22.3 Å². The number of aliphatic hydroxyl groups is 1. The van der Waals surface area contributed by atoms with Gasteiger partial charge in [0.2, 0.25) is 0 Å². The van der Waals surface area contributed by atoms with Gasteiger partial charge in [0.1, 0.15) is 23.7 Å². The van der Waals surface area contributed by atoms with Crippen molar-refractivity contribution in [2.45, 2.75) is 19.4 Å². The Balaban J connectivity index is 0.000000219. The Bertz CT molecular complexity index is 2210. The maximum absolute atomic E-state index is 11.1. The van der Waals surface area contributed by atoms with Gasteiger partial charge in [-0.3, -0.25) is 24.7 Å².